The molecule has 7 heteroatoms. The van der Waals surface area contributed by atoms with Gasteiger partial charge in [-0.3, -0.25) is 14.4 Å². The number of nitrogens with one attached hydrogen (secondary N) is 2. The minimum atomic E-state index is -0.853. The molecule has 0 fully saturated rings. The lowest BCUT2D eigenvalue weighted by Crippen LogP contribution is -2.45. The molecule has 1 aliphatic rings. The molecular formula is C22H25N3O4. The zero-order chi connectivity index (χ0) is 21.0. The minimum absolute atomic E-state index is 0.0520. The number of nitrogens with zero attached hydrogens (tertiary/aromatic N) is 1. The van der Waals surface area contributed by atoms with Crippen molar-refractivity contribution in [2.24, 2.45) is 0 Å². The summed E-state index contributed by atoms with van der Waals surface area (Å²) >= 11 is 0. The van der Waals surface area contributed by atoms with E-state index in [1.54, 1.807) is 18.1 Å². The third-order valence-electron chi connectivity index (χ3n) is 4.85. The van der Waals surface area contributed by atoms with Gasteiger partial charge in [0.2, 0.25) is 0 Å². The first-order valence-electron chi connectivity index (χ1n) is 9.56. The topological polar surface area (TPSA) is 87.7 Å². The number of hydrogen-bond acceptors (Lipinski definition) is 4. The molecule has 3 amide bonds. The van der Waals surface area contributed by atoms with Crippen molar-refractivity contribution in [3.63, 3.8) is 0 Å². The summed E-state index contributed by atoms with van der Waals surface area (Å²) in [5.74, 6) is -1.06. The van der Waals surface area contributed by atoms with Gasteiger partial charge >= 0.3 is 11.8 Å². The number of para-hydroxylation sites is 1. The molecule has 0 radical (unpaired) electrons. The second kappa shape index (κ2) is 8.77. The third-order valence-corrected chi connectivity index (χ3v) is 4.85. The molecule has 1 atom stereocenters. The molecule has 0 aliphatic carbocycles. The highest BCUT2D eigenvalue weighted by Crippen LogP contribution is 2.36. The van der Waals surface area contributed by atoms with Crippen LogP contribution in [0.15, 0.2) is 48.5 Å². The Labute approximate surface area is 170 Å². The Hall–Kier alpha value is -3.35. The van der Waals surface area contributed by atoms with Crippen LogP contribution in [0.25, 0.3) is 0 Å². The van der Waals surface area contributed by atoms with E-state index in [2.05, 4.69) is 10.6 Å². The smallest absolute Gasteiger partial charge is 0.310 e. The number of benzene rings is 2. The fourth-order valence-corrected chi connectivity index (χ4v) is 3.40. The van der Waals surface area contributed by atoms with E-state index in [4.69, 9.17) is 4.74 Å². The molecule has 2 aromatic rings. The number of anilines is 1. The Morgan fingerprint density at radius 2 is 1.76 bits per heavy atom. The largest absolute Gasteiger partial charge is 0.497 e. The van der Waals surface area contributed by atoms with Crippen molar-refractivity contribution in [3.05, 3.63) is 59.7 Å². The van der Waals surface area contributed by atoms with Crippen LogP contribution in [0.4, 0.5) is 5.69 Å². The van der Waals surface area contributed by atoms with E-state index in [0.29, 0.717) is 18.5 Å². The Kier molecular flexibility index (Phi) is 6.16. The normalized spacial score (nSPS) is 15.2. The van der Waals surface area contributed by atoms with Gasteiger partial charge in [0.1, 0.15) is 11.8 Å². The highest BCUT2D eigenvalue weighted by Gasteiger charge is 2.39. The molecule has 1 heterocycles. The molecule has 0 spiro atoms. The van der Waals surface area contributed by atoms with E-state index in [9.17, 15) is 14.4 Å². The number of methoxy groups -OCH3 is 1. The van der Waals surface area contributed by atoms with Gasteiger partial charge in [-0.2, -0.15) is 0 Å². The number of hydrogen-bond donors (Lipinski definition) is 2. The van der Waals surface area contributed by atoms with Gasteiger partial charge in [-0.25, -0.2) is 0 Å². The monoisotopic (exact) mass is 395 g/mol. The molecule has 2 N–H and O–H groups in total. The van der Waals surface area contributed by atoms with E-state index in [1.807, 2.05) is 56.3 Å². The van der Waals surface area contributed by atoms with Gasteiger partial charge < -0.3 is 20.3 Å². The second-order valence-corrected chi connectivity index (χ2v) is 7.12. The summed E-state index contributed by atoms with van der Waals surface area (Å²) in [7, 11) is 1.60. The van der Waals surface area contributed by atoms with Gasteiger partial charge in [0.15, 0.2) is 0 Å². The summed E-state index contributed by atoms with van der Waals surface area (Å²) < 4.78 is 5.11. The molecule has 1 aliphatic heterocycles. The average Bonchev–Trinajstić information content (AvgIpc) is 3.00. The molecule has 0 saturated heterocycles. The SMILES string of the molecule is COc1ccc(CCNC(=O)C(=O)NC2C(=O)N(C(C)C)c3ccccc32)cc1. The number of carbonyl (C=O) groups is 3. The standard InChI is InChI=1S/C22H25N3O4/c1-14(2)25-18-7-5-4-6-17(18)19(22(25)28)24-21(27)20(26)23-13-12-15-8-10-16(29-3)11-9-15/h4-11,14,19H,12-13H2,1-3H3,(H,23,26)(H,24,27). The van der Waals surface area contributed by atoms with Crippen LogP contribution in [0.3, 0.4) is 0 Å². The predicted octanol–water partition coefficient (Wildman–Crippen LogP) is 1.97. The third kappa shape index (κ3) is 4.39. The number of amides is 3. The molecule has 3 rings (SSSR count). The summed E-state index contributed by atoms with van der Waals surface area (Å²) in [6.07, 6.45) is 0.579. The zero-order valence-electron chi connectivity index (χ0n) is 16.8. The molecule has 29 heavy (non-hydrogen) atoms. The van der Waals surface area contributed by atoms with E-state index < -0.39 is 17.9 Å². The van der Waals surface area contributed by atoms with Crippen LogP contribution in [-0.4, -0.2) is 37.4 Å². The number of fused-ring (bicyclic) bond motifs is 1. The molecule has 7 nitrogen and oxygen atoms in total. The van der Waals surface area contributed by atoms with E-state index in [1.165, 1.54) is 0 Å². The summed E-state index contributed by atoms with van der Waals surface area (Å²) in [4.78, 5) is 39.0. The van der Waals surface area contributed by atoms with Crippen molar-refractivity contribution in [1.82, 2.24) is 10.6 Å². The zero-order valence-corrected chi connectivity index (χ0v) is 16.8. The Morgan fingerprint density at radius 1 is 1.07 bits per heavy atom. The summed E-state index contributed by atoms with van der Waals surface area (Å²) in [5.41, 5.74) is 2.47. The first-order valence-corrected chi connectivity index (χ1v) is 9.56. The maximum absolute atomic E-state index is 12.8. The molecular weight excluding hydrogens is 370 g/mol. The number of rotatable bonds is 6. The lowest BCUT2D eigenvalue weighted by Gasteiger charge is -2.22. The Balaban J connectivity index is 1.58. The van der Waals surface area contributed by atoms with Gasteiger partial charge in [-0.05, 0) is 44.0 Å². The van der Waals surface area contributed by atoms with Crippen molar-refractivity contribution >= 4 is 23.4 Å². The maximum atomic E-state index is 12.8. The van der Waals surface area contributed by atoms with Crippen LogP contribution >= 0.6 is 0 Å². The first-order chi connectivity index (χ1) is 13.9. The maximum Gasteiger partial charge on any atom is 0.310 e. The molecule has 0 saturated carbocycles. The van der Waals surface area contributed by atoms with Crippen LogP contribution < -0.4 is 20.3 Å². The summed E-state index contributed by atoms with van der Waals surface area (Å²) in [6, 6.07) is 13.9. The molecule has 0 bridgehead atoms. The predicted molar refractivity (Wildman–Crippen MR) is 110 cm³/mol. The second-order valence-electron chi connectivity index (χ2n) is 7.12. The fraction of sp³-hybridized carbons (Fsp3) is 0.318. The van der Waals surface area contributed by atoms with Gasteiger partial charge in [-0.1, -0.05) is 30.3 Å². The average molecular weight is 395 g/mol. The van der Waals surface area contributed by atoms with Crippen LogP contribution in [-0.2, 0) is 20.8 Å². The van der Waals surface area contributed by atoms with Gasteiger partial charge in [-0.15, -0.1) is 0 Å². The van der Waals surface area contributed by atoms with Crippen LogP contribution in [0, 0.1) is 0 Å². The molecule has 0 aromatic heterocycles. The number of carbonyl (C=O) groups excluding carboxylic acids is 3. The van der Waals surface area contributed by atoms with Crippen molar-refractivity contribution in [2.45, 2.75) is 32.4 Å². The summed E-state index contributed by atoms with van der Waals surface area (Å²) in [5, 5.41) is 5.17. The fourth-order valence-electron chi connectivity index (χ4n) is 3.40. The van der Waals surface area contributed by atoms with Crippen LogP contribution in [0.1, 0.15) is 31.0 Å². The van der Waals surface area contributed by atoms with Gasteiger partial charge in [0.05, 0.1) is 7.11 Å². The van der Waals surface area contributed by atoms with Crippen molar-refractivity contribution < 1.29 is 19.1 Å². The van der Waals surface area contributed by atoms with E-state index in [0.717, 1.165) is 17.0 Å². The van der Waals surface area contributed by atoms with Crippen molar-refractivity contribution in [2.75, 3.05) is 18.6 Å². The van der Waals surface area contributed by atoms with Crippen molar-refractivity contribution in [3.8, 4) is 5.75 Å². The van der Waals surface area contributed by atoms with Crippen LogP contribution in [0.2, 0.25) is 0 Å². The molecule has 152 valence electrons. The quantitative estimate of drug-likeness (QED) is 0.732. The Bertz CT molecular complexity index is 909. The first kappa shape index (κ1) is 20.4. The minimum Gasteiger partial charge on any atom is -0.497 e. The lowest BCUT2D eigenvalue weighted by molar-refractivity contribution is -0.140. The number of ether oxygens (including phenoxy) is 1. The van der Waals surface area contributed by atoms with Gasteiger partial charge in [0, 0.05) is 23.8 Å². The Morgan fingerprint density at radius 3 is 2.41 bits per heavy atom. The summed E-state index contributed by atoms with van der Waals surface area (Å²) in [6.45, 7) is 4.13. The lowest BCUT2D eigenvalue weighted by atomic mass is 10.1. The molecule has 2 aromatic carbocycles. The molecule has 1 unspecified atom stereocenters. The van der Waals surface area contributed by atoms with E-state index in [-0.39, 0.29) is 11.9 Å². The highest BCUT2D eigenvalue weighted by molar-refractivity contribution is 6.35. The highest BCUT2D eigenvalue weighted by atomic mass is 16.5. The van der Waals surface area contributed by atoms with Crippen LogP contribution in [0.5, 0.6) is 5.75 Å². The van der Waals surface area contributed by atoms with Crippen molar-refractivity contribution in [1.29, 1.82) is 0 Å². The van der Waals surface area contributed by atoms with Gasteiger partial charge in [0.25, 0.3) is 5.91 Å². The van der Waals surface area contributed by atoms with E-state index >= 15 is 0 Å².